The lowest BCUT2D eigenvalue weighted by Crippen LogP contribution is -2.38. The van der Waals surface area contributed by atoms with Crippen LogP contribution in [0.2, 0.25) is 0 Å². The van der Waals surface area contributed by atoms with E-state index in [2.05, 4.69) is 10.3 Å². The number of pyridine rings is 1. The average molecular weight is 294 g/mol. The second-order valence-corrected chi connectivity index (χ2v) is 7.33. The summed E-state index contributed by atoms with van der Waals surface area (Å²) < 4.78 is 48.4. The summed E-state index contributed by atoms with van der Waals surface area (Å²) in [6.07, 6.45) is 1.08. The summed E-state index contributed by atoms with van der Waals surface area (Å²) in [5.74, 6) is 2.55. The average Bonchev–Trinajstić information content (AvgIpc) is 2.26. The SMILES string of the molecule is CC(C)(CNc1nc(NN)c(F)cc1F)S(C)(=O)=O. The smallest absolute Gasteiger partial charge is 0.178 e. The van der Waals surface area contributed by atoms with Gasteiger partial charge in [0, 0.05) is 18.9 Å². The van der Waals surface area contributed by atoms with E-state index in [-0.39, 0.29) is 18.2 Å². The number of hydrazine groups is 1. The molecule has 0 spiro atoms. The van der Waals surface area contributed by atoms with E-state index in [4.69, 9.17) is 5.84 Å². The Bertz CT molecular complexity index is 575. The molecule has 1 rings (SSSR count). The fourth-order valence-corrected chi connectivity index (χ4v) is 1.45. The summed E-state index contributed by atoms with van der Waals surface area (Å²) in [7, 11) is -3.34. The quantitative estimate of drug-likeness (QED) is 0.551. The molecule has 0 aromatic carbocycles. The Kier molecular flexibility index (Phi) is 4.31. The molecule has 0 aliphatic carbocycles. The monoisotopic (exact) mass is 294 g/mol. The number of hydrogen-bond acceptors (Lipinski definition) is 6. The number of halogens is 2. The highest BCUT2D eigenvalue weighted by Gasteiger charge is 2.30. The Hall–Kier alpha value is -1.48. The van der Waals surface area contributed by atoms with Crippen molar-refractivity contribution in [3.8, 4) is 0 Å². The largest absolute Gasteiger partial charge is 0.366 e. The lowest BCUT2D eigenvalue weighted by Gasteiger charge is -2.23. The predicted molar refractivity (Wildman–Crippen MR) is 69.4 cm³/mol. The number of nitrogens with one attached hydrogen (secondary N) is 2. The molecule has 0 aliphatic heterocycles. The molecule has 108 valence electrons. The van der Waals surface area contributed by atoms with Crippen LogP contribution in [0.5, 0.6) is 0 Å². The van der Waals surface area contributed by atoms with Crippen molar-refractivity contribution in [3.05, 3.63) is 17.7 Å². The maximum atomic E-state index is 13.5. The lowest BCUT2D eigenvalue weighted by molar-refractivity contribution is 0.555. The van der Waals surface area contributed by atoms with Gasteiger partial charge in [-0.15, -0.1) is 0 Å². The van der Waals surface area contributed by atoms with E-state index < -0.39 is 26.2 Å². The van der Waals surface area contributed by atoms with E-state index in [1.807, 2.05) is 5.43 Å². The molecule has 0 fully saturated rings. The van der Waals surface area contributed by atoms with Crippen LogP contribution in [0.25, 0.3) is 0 Å². The standard InChI is InChI=1S/C10H16F2N4O2S/c1-10(2,19(3,17)18)5-14-8-6(11)4-7(12)9(15-8)16-13/h4H,5,13H2,1-3H3,(H2,14,15,16). The number of nitrogens with two attached hydrogens (primary N) is 1. The van der Waals surface area contributed by atoms with Crippen molar-refractivity contribution in [2.45, 2.75) is 18.6 Å². The summed E-state index contributed by atoms with van der Waals surface area (Å²) in [4.78, 5) is 3.58. The molecule has 1 heterocycles. The number of nitrogen functional groups attached to an aromatic ring is 1. The molecule has 6 nitrogen and oxygen atoms in total. The van der Waals surface area contributed by atoms with Gasteiger partial charge in [0.1, 0.15) is 0 Å². The van der Waals surface area contributed by atoms with E-state index in [1.54, 1.807) is 0 Å². The first-order valence-corrected chi connectivity index (χ1v) is 7.24. The molecule has 9 heteroatoms. The summed E-state index contributed by atoms with van der Waals surface area (Å²) in [6.45, 7) is 2.89. The molecular weight excluding hydrogens is 278 g/mol. The summed E-state index contributed by atoms with van der Waals surface area (Å²) in [6, 6.07) is 0.609. The minimum atomic E-state index is -3.34. The van der Waals surface area contributed by atoms with Crippen LogP contribution >= 0.6 is 0 Å². The second-order valence-electron chi connectivity index (χ2n) is 4.68. The molecule has 0 bridgehead atoms. The van der Waals surface area contributed by atoms with Crippen molar-refractivity contribution in [1.82, 2.24) is 4.98 Å². The molecule has 1 aromatic heterocycles. The van der Waals surface area contributed by atoms with Crippen LogP contribution in [0.3, 0.4) is 0 Å². The zero-order valence-electron chi connectivity index (χ0n) is 10.8. The van der Waals surface area contributed by atoms with E-state index in [0.29, 0.717) is 6.07 Å². The van der Waals surface area contributed by atoms with E-state index in [9.17, 15) is 17.2 Å². The molecule has 1 aromatic rings. The molecule has 0 saturated carbocycles. The number of rotatable bonds is 5. The van der Waals surface area contributed by atoms with Crippen molar-refractivity contribution in [3.63, 3.8) is 0 Å². The maximum absolute atomic E-state index is 13.5. The summed E-state index contributed by atoms with van der Waals surface area (Å²) in [5.41, 5.74) is 1.98. The Morgan fingerprint density at radius 3 is 2.32 bits per heavy atom. The van der Waals surface area contributed by atoms with Crippen LogP contribution in [-0.4, -0.2) is 30.9 Å². The van der Waals surface area contributed by atoms with Gasteiger partial charge in [-0.1, -0.05) is 0 Å². The third-order valence-electron chi connectivity index (χ3n) is 2.75. The Balaban J connectivity index is 2.96. The van der Waals surface area contributed by atoms with Crippen LogP contribution < -0.4 is 16.6 Å². The minimum Gasteiger partial charge on any atom is -0.366 e. The van der Waals surface area contributed by atoms with Crippen molar-refractivity contribution in [2.75, 3.05) is 23.5 Å². The van der Waals surface area contributed by atoms with Crippen LogP contribution in [0, 0.1) is 11.6 Å². The maximum Gasteiger partial charge on any atom is 0.178 e. The minimum absolute atomic E-state index is 0.0780. The second kappa shape index (κ2) is 5.25. The highest BCUT2D eigenvalue weighted by atomic mass is 32.2. The summed E-state index contributed by atoms with van der Waals surface area (Å²) >= 11 is 0. The molecule has 0 unspecified atom stereocenters. The van der Waals surface area contributed by atoms with Crippen LogP contribution in [-0.2, 0) is 9.84 Å². The lowest BCUT2D eigenvalue weighted by atomic mass is 10.2. The van der Waals surface area contributed by atoms with Gasteiger partial charge in [-0.3, -0.25) is 0 Å². The molecule has 0 saturated heterocycles. The van der Waals surface area contributed by atoms with Gasteiger partial charge in [0.25, 0.3) is 0 Å². The third kappa shape index (κ3) is 3.51. The molecule has 0 radical (unpaired) electrons. The highest BCUT2D eigenvalue weighted by molar-refractivity contribution is 7.92. The van der Waals surface area contributed by atoms with E-state index in [0.717, 1.165) is 6.26 Å². The number of nitrogens with zero attached hydrogens (tertiary/aromatic N) is 1. The first kappa shape index (κ1) is 15.6. The van der Waals surface area contributed by atoms with Crippen molar-refractivity contribution in [1.29, 1.82) is 0 Å². The van der Waals surface area contributed by atoms with Gasteiger partial charge in [-0.25, -0.2) is 28.0 Å². The molecule has 0 atom stereocenters. The Labute approximate surface area is 110 Å². The van der Waals surface area contributed by atoms with E-state index in [1.165, 1.54) is 13.8 Å². The van der Waals surface area contributed by atoms with Crippen LogP contribution in [0.15, 0.2) is 6.07 Å². The number of hydrogen-bond donors (Lipinski definition) is 3. The highest BCUT2D eigenvalue weighted by Crippen LogP contribution is 2.21. The number of anilines is 2. The molecular formula is C10H16F2N4O2S. The van der Waals surface area contributed by atoms with Gasteiger partial charge in [-0.05, 0) is 13.8 Å². The number of sulfone groups is 1. The van der Waals surface area contributed by atoms with Crippen LogP contribution in [0.4, 0.5) is 20.4 Å². The van der Waals surface area contributed by atoms with E-state index >= 15 is 0 Å². The van der Waals surface area contributed by atoms with Crippen molar-refractivity contribution >= 4 is 21.5 Å². The van der Waals surface area contributed by atoms with Gasteiger partial charge in [-0.2, -0.15) is 0 Å². The normalized spacial score (nSPS) is 12.3. The molecule has 0 aliphatic rings. The first-order valence-electron chi connectivity index (χ1n) is 5.34. The summed E-state index contributed by atoms with van der Waals surface area (Å²) in [5, 5.41) is 2.53. The van der Waals surface area contributed by atoms with Gasteiger partial charge in [0.05, 0.1) is 4.75 Å². The van der Waals surface area contributed by atoms with Gasteiger partial charge in [0.15, 0.2) is 33.1 Å². The van der Waals surface area contributed by atoms with Gasteiger partial charge in [0.2, 0.25) is 0 Å². The first-order chi connectivity index (χ1) is 8.58. The Morgan fingerprint density at radius 1 is 1.32 bits per heavy atom. The molecule has 19 heavy (non-hydrogen) atoms. The fraction of sp³-hybridized carbons (Fsp3) is 0.500. The zero-order valence-corrected chi connectivity index (χ0v) is 11.6. The van der Waals surface area contributed by atoms with Crippen LogP contribution in [0.1, 0.15) is 13.8 Å². The topological polar surface area (TPSA) is 97.1 Å². The molecule has 0 amide bonds. The predicted octanol–water partition coefficient (Wildman–Crippen LogP) is 0.880. The van der Waals surface area contributed by atoms with Gasteiger partial charge >= 0.3 is 0 Å². The van der Waals surface area contributed by atoms with Crippen molar-refractivity contribution in [2.24, 2.45) is 5.84 Å². The fourth-order valence-electron chi connectivity index (χ4n) is 1.12. The molecule has 4 N–H and O–H groups in total. The Morgan fingerprint density at radius 2 is 1.84 bits per heavy atom. The number of aromatic nitrogens is 1. The van der Waals surface area contributed by atoms with Crippen molar-refractivity contribution < 1.29 is 17.2 Å². The van der Waals surface area contributed by atoms with Gasteiger partial charge < -0.3 is 10.7 Å². The third-order valence-corrected chi connectivity index (χ3v) is 4.90. The zero-order chi connectivity index (χ0) is 14.8.